The Kier molecular flexibility index (Phi) is 7.03. The van der Waals surface area contributed by atoms with Crippen LogP contribution in [0.2, 0.25) is 0 Å². The molecule has 0 N–H and O–H groups in total. The molecular weight excluding hydrogens is 196 g/mol. The van der Waals surface area contributed by atoms with Crippen LogP contribution in [0.1, 0.15) is 54.4 Å². The van der Waals surface area contributed by atoms with Gasteiger partial charge in [0, 0.05) is 0 Å². The zero-order valence-electron chi connectivity index (χ0n) is 11.6. The molecule has 16 heavy (non-hydrogen) atoms. The fourth-order valence-corrected chi connectivity index (χ4v) is 2.01. The molecule has 0 aromatic heterocycles. The maximum absolute atomic E-state index is 11.9. The molecule has 0 spiro atoms. The van der Waals surface area contributed by atoms with Crippen LogP contribution in [0.5, 0.6) is 0 Å². The van der Waals surface area contributed by atoms with Gasteiger partial charge in [-0.3, -0.25) is 4.79 Å². The summed E-state index contributed by atoms with van der Waals surface area (Å²) >= 11 is 0. The SMILES string of the molecule is C/C=C1\CC(C)C/C(=C\C(C)C)C1=O.CC. The maximum Gasteiger partial charge on any atom is 0.184 e. The number of hydrogen-bond acceptors (Lipinski definition) is 1. The third kappa shape index (κ3) is 4.34. The van der Waals surface area contributed by atoms with Gasteiger partial charge in [0.2, 0.25) is 0 Å². The van der Waals surface area contributed by atoms with E-state index >= 15 is 0 Å². The molecule has 1 fully saturated rings. The average molecular weight is 222 g/mol. The summed E-state index contributed by atoms with van der Waals surface area (Å²) in [4.78, 5) is 11.9. The molecule has 0 saturated heterocycles. The Morgan fingerprint density at radius 3 is 2.12 bits per heavy atom. The fourth-order valence-electron chi connectivity index (χ4n) is 2.01. The lowest BCUT2D eigenvalue weighted by Gasteiger charge is -2.22. The van der Waals surface area contributed by atoms with Gasteiger partial charge in [0.05, 0.1) is 0 Å². The number of ketones is 1. The first kappa shape index (κ1) is 15.2. The van der Waals surface area contributed by atoms with E-state index in [9.17, 15) is 4.79 Å². The van der Waals surface area contributed by atoms with Crippen LogP contribution in [-0.2, 0) is 4.79 Å². The van der Waals surface area contributed by atoms with Gasteiger partial charge in [-0.1, -0.05) is 46.8 Å². The van der Waals surface area contributed by atoms with Crippen LogP contribution in [-0.4, -0.2) is 5.78 Å². The Balaban J connectivity index is 0.00000106. The monoisotopic (exact) mass is 222 g/mol. The predicted octanol–water partition coefficient (Wildman–Crippen LogP) is 4.54. The Bertz CT molecular complexity index is 282. The summed E-state index contributed by atoms with van der Waals surface area (Å²) in [5.74, 6) is 1.36. The number of carbonyl (C=O) groups is 1. The Morgan fingerprint density at radius 1 is 1.19 bits per heavy atom. The molecule has 1 aliphatic carbocycles. The molecule has 1 heteroatoms. The van der Waals surface area contributed by atoms with Crippen molar-refractivity contribution in [1.29, 1.82) is 0 Å². The van der Waals surface area contributed by atoms with Crippen LogP contribution in [0.3, 0.4) is 0 Å². The molecule has 0 amide bonds. The minimum absolute atomic E-state index is 0.277. The highest BCUT2D eigenvalue weighted by atomic mass is 16.1. The van der Waals surface area contributed by atoms with Gasteiger partial charge in [-0.15, -0.1) is 0 Å². The van der Waals surface area contributed by atoms with Gasteiger partial charge in [-0.05, 0) is 42.7 Å². The highest BCUT2D eigenvalue weighted by Gasteiger charge is 2.24. The van der Waals surface area contributed by atoms with Crippen LogP contribution in [0.15, 0.2) is 23.3 Å². The summed E-state index contributed by atoms with van der Waals surface area (Å²) < 4.78 is 0. The van der Waals surface area contributed by atoms with Crippen LogP contribution in [0.4, 0.5) is 0 Å². The van der Waals surface area contributed by atoms with E-state index in [-0.39, 0.29) is 5.78 Å². The summed E-state index contributed by atoms with van der Waals surface area (Å²) in [6.45, 7) is 12.4. The van der Waals surface area contributed by atoms with Gasteiger partial charge in [-0.25, -0.2) is 0 Å². The first-order valence-electron chi connectivity index (χ1n) is 6.45. The molecule has 0 aliphatic heterocycles. The van der Waals surface area contributed by atoms with Crippen LogP contribution in [0, 0.1) is 11.8 Å². The van der Waals surface area contributed by atoms with Crippen LogP contribution >= 0.6 is 0 Å². The summed E-state index contributed by atoms with van der Waals surface area (Å²) in [6, 6.07) is 0. The second-order valence-corrected chi connectivity index (χ2v) is 4.59. The molecule has 1 nitrogen and oxygen atoms in total. The largest absolute Gasteiger partial charge is 0.289 e. The number of Topliss-reactive ketones (excluding diaryl/α,β-unsaturated/α-hetero) is 1. The Labute approximate surface area is 101 Å². The van der Waals surface area contributed by atoms with E-state index < -0.39 is 0 Å². The highest BCUT2D eigenvalue weighted by Crippen LogP contribution is 2.30. The molecule has 0 heterocycles. The first-order valence-corrected chi connectivity index (χ1v) is 6.45. The van der Waals surface area contributed by atoms with E-state index in [0.29, 0.717) is 11.8 Å². The van der Waals surface area contributed by atoms with E-state index in [0.717, 1.165) is 24.0 Å². The molecular formula is C15H26O. The van der Waals surface area contributed by atoms with Gasteiger partial charge in [0.1, 0.15) is 0 Å². The standard InChI is InChI=1S/C13H20O.C2H6/c1-5-11-7-10(4)8-12(13(11)14)6-9(2)3;1-2/h5-6,9-10H,7-8H2,1-4H3;1-2H3/b11-5+,12-6+;. The van der Waals surface area contributed by atoms with E-state index in [1.807, 2.05) is 26.8 Å². The molecule has 0 bridgehead atoms. The Hall–Kier alpha value is -0.850. The lowest BCUT2D eigenvalue weighted by Crippen LogP contribution is -2.18. The summed E-state index contributed by atoms with van der Waals surface area (Å²) in [7, 11) is 0. The topological polar surface area (TPSA) is 17.1 Å². The van der Waals surface area contributed by atoms with Crippen molar-refractivity contribution in [2.24, 2.45) is 11.8 Å². The molecule has 1 unspecified atom stereocenters. The van der Waals surface area contributed by atoms with Gasteiger partial charge in [0.25, 0.3) is 0 Å². The summed E-state index contributed by atoms with van der Waals surface area (Å²) in [5.41, 5.74) is 2.02. The van der Waals surface area contributed by atoms with E-state index in [4.69, 9.17) is 0 Å². The molecule has 0 radical (unpaired) electrons. The van der Waals surface area contributed by atoms with Crippen molar-refractivity contribution < 1.29 is 4.79 Å². The van der Waals surface area contributed by atoms with Crippen molar-refractivity contribution in [2.45, 2.75) is 54.4 Å². The third-order valence-electron chi connectivity index (χ3n) is 2.60. The first-order chi connectivity index (χ1) is 7.54. The predicted molar refractivity (Wildman–Crippen MR) is 71.4 cm³/mol. The number of allylic oxidation sites excluding steroid dienone is 4. The molecule has 1 saturated carbocycles. The molecule has 1 aliphatic rings. The quantitative estimate of drug-likeness (QED) is 0.595. The second-order valence-electron chi connectivity index (χ2n) is 4.59. The van der Waals surface area contributed by atoms with Gasteiger partial charge in [-0.2, -0.15) is 0 Å². The number of rotatable bonds is 1. The molecule has 0 aromatic rings. The molecule has 1 rings (SSSR count). The maximum atomic E-state index is 11.9. The van der Waals surface area contributed by atoms with Crippen molar-refractivity contribution in [3.05, 3.63) is 23.3 Å². The normalized spacial score (nSPS) is 25.9. The second kappa shape index (κ2) is 7.43. The number of carbonyl (C=O) groups excluding carboxylic acids is 1. The lowest BCUT2D eigenvalue weighted by atomic mass is 9.81. The molecule has 92 valence electrons. The Morgan fingerprint density at radius 2 is 1.69 bits per heavy atom. The van der Waals surface area contributed by atoms with Gasteiger partial charge < -0.3 is 0 Å². The third-order valence-corrected chi connectivity index (χ3v) is 2.60. The lowest BCUT2D eigenvalue weighted by molar-refractivity contribution is -0.113. The van der Waals surface area contributed by atoms with Crippen molar-refractivity contribution in [1.82, 2.24) is 0 Å². The average Bonchev–Trinajstić information content (AvgIpc) is 2.25. The van der Waals surface area contributed by atoms with E-state index in [2.05, 4.69) is 26.8 Å². The summed E-state index contributed by atoms with van der Waals surface area (Å²) in [6.07, 6.45) is 5.98. The molecule has 1 atom stereocenters. The van der Waals surface area contributed by atoms with Crippen molar-refractivity contribution in [3.8, 4) is 0 Å². The van der Waals surface area contributed by atoms with E-state index in [1.165, 1.54) is 0 Å². The highest BCUT2D eigenvalue weighted by molar-refractivity contribution is 6.09. The zero-order valence-corrected chi connectivity index (χ0v) is 11.6. The van der Waals surface area contributed by atoms with Crippen molar-refractivity contribution in [3.63, 3.8) is 0 Å². The van der Waals surface area contributed by atoms with Gasteiger partial charge >= 0.3 is 0 Å². The van der Waals surface area contributed by atoms with Crippen LogP contribution < -0.4 is 0 Å². The van der Waals surface area contributed by atoms with Gasteiger partial charge in [0.15, 0.2) is 5.78 Å². The van der Waals surface area contributed by atoms with Crippen molar-refractivity contribution in [2.75, 3.05) is 0 Å². The van der Waals surface area contributed by atoms with Crippen molar-refractivity contribution >= 4 is 5.78 Å². The molecule has 0 aromatic carbocycles. The van der Waals surface area contributed by atoms with E-state index in [1.54, 1.807) is 0 Å². The van der Waals surface area contributed by atoms with Crippen LogP contribution in [0.25, 0.3) is 0 Å². The number of hydrogen-bond donors (Lipinski definition) is 0. The zero-order chi connectivity index (χ0) is 12.7. The minimum Gasteiger partial charge on any atom is -0.289 e. The summed E-state index contributed by atoms with van der Waals surface area (Å²) in [5, 5.41) is 0. The minimum atomic E-state index is 0.277. The fraction of sp³-hybridized carbons (Fsp3) is 0.667. The smallest absolute Gasteiger partial charge is 0.184 e.